The zero-order valence-corrected chi connectivity index (χ0v) is 11.9. The van der Waals surface area contributed by atoms with E-state index in [1.165, 1.54) is 11.3 Å². The van der Waals surface area contributed by atoms with Gasteiger partial charge < -0.3 is 21.3 Å². The summed E-state index contributed by atoms with van der Waals surface area (Å²) in [6.07, 6.45) is 1.00. The van der Waals surface area contributed by atoms with Crippen LogP contribution in [0.2, 0.25) is 0 Å². The van der Waals surface area contributed by atoms with E-state index in [0.29, 0.717) is 22.4 Å². The lowest BCUT2D eigenvalue weighted by Gasteiger charge is -2.15. The first kappa shape index (κ1) is 14.7. The van der Waals surface area contributed by atoms with E-state index in [1.54, 1.807) is 11.9 Å². The van der Waals surface area contributed by atoms with E-state index < -0.39 is 0 Å². The Bertz CT molecular complexity index is 393. The number of nitrogens with two attached hydrogens (primary N) is 1. The summed E-state index contributed by atoms with van der Waals surface area (Å²) < 4.78 is 0. The molecule has 0 bridgehead atoms. The van der Waals surface area contributed by atoms with Gasteiger partial charge in [-0.15, -0.1) is 0 Å². The normalized spacial score (nSPS) is 10.4. The van der Waals surface area contributed by atoms with Crippen molar-refractivity contribution in [2.45, 2.75) is 13.3 Å². The molecule has 0 fully saturated rings. The molecule has 1 amide bonds. The van der Waals surface area contributed by atoms with Crippen LogP contribution in [0.4, 0.5) is 10.9 Å². The van der Waals surface area contributed by atoms with Crippen molar-refractivity contribution in [3.63, 3.8) is 0 Å². The summed E-state index contributed by atoms with van der Waals surface area (Å²) >= 11 is 1.31. The Balaban J connectivity index is 2.69. The number of nitrogen functional groups attached to an aromatic ring is 1. The molecule has 6 nitrogen and oxygen atoms in total. The van der Waals surface area contributed by atoms with E-state index in [-0.39, 0.29) is 5.91 Å². The smallest absolute Gasteiger partial charge is 0.267 e. The molecule has 0 saturated heterocycles. The zero-order valence-electron chi connectivity index (χ0n) is 11.1. The Labute approximate surface area is 112 Å². The Morgan fingerprint density at radius 3 is 2.83 bits per heavy atom. The van der Waals surface area contributed by atoms with Gasteiger partial charge in [-0.1, -0.05) is 18.3 Å². The number of nitrogens with one attached hydrogen (secondary N) is 2. The summed E-state index contributed by atoms with van der Waals surface area (Å²) in [5, 5.41) is 6.85. The molecule has 0 spiro atoms. The van der Waals surface area contributed by atoms with Gasteiger partial charge in [0.2, 0.25) is 0 Å². The molecule has 0 unspecified atom stereocenters. The third-order valence-corrected chi connectivity index (χ3v) is 3.43. The molecule has 7 heteroatoms. The molecule has 0 radical (unpaired) electrons. The van der Waals surface area contributed by atoms with E-state index in [2.05, 4.69) is 22.5 Å². The van der Waals surface area contributed by atoms with Gasteiger partial charge in [-0.3, -0.25) is 4.79 Å². The van der Waals surface area contributed by atoms with E-state index in [9.17, 15) is 4.79 Å². The predicted octanol–water partition coefficient (Wildman–Crippen LogP) is 0.839. The second kappa shape index (κ2) is 7.17. The highest BCUT2D eigenvalue weighted by molar-refractivity contribution is 7.18. The van der Waals surface area contributed by atoms with E-state index in [0.717, 1.165) is 19.5 Å². The first-order chi connectivity index (χ1) is 8.60. The molecular formula is C11H21N5OS. The number of nitrogens with zero attached hydrogens (tertiary/aromatic N) is 2. The average molecular weight is 271 g/mol. The first-order valence-electron chi connectivity index (χ1n) is 6.00. The van der Waals surface area contributed by atoms with Crippen LogP contribution in [0.15, 0.2) is 0 Å². The van der Waals surface area contributed by atoms with Gasteiger partial charge in [0.25, 0.3) is 5.91 Å². The summed E-state index contributed by atoms with van der Waals surface area (Å²) in [5.74, 6) is 0.227. The van der Waals surface area contributed by atoms with Crippen molar-refractivity contribution in [2.24, 2.45) is 0 Å². The fraction of sp³-hybridized carbons (Fsp3) is 0.636. The molecule has 1 rings (SSSR count). The number of anilines is 2. The van der Waals surface area contributed by atoms with Crippen LogP contribution in [0.3, 0.4) is 0 Å². The number of hydrogen-bond acceptors (Lipinski definition) is 6. The predicted molar refractivity (Wildman–Crippen MR) is 76.2 cm³/mol. The van der Waals surface area contributed by atoms with E-state index in [1.807, 2.05) is 7.05 Å². The topological polar surface area (TPSA) is 83.3 Å². The second-order valence-electron chi connectivity index (χ2n) is 3.99. The molecule has 0 aromatic carbocycles. The summed E-state index contributed by atoms with van der Waals surface area (Å²) in [7, 11) is 3.62. The molecule has 0 aliphatic heterocycles. The maximum Gasteiger partial charge on any atom is 0.267 e. The number of carbonyl (C=O) groups is 1. The van der Waals surface area contributed by atoms with Crippen LogP contribution in [-0.4, -0.2) is 49.5 Å². The molecule has 1 heterocycles. The third-order valence-electron chi connectivity index (χ3n) is 2.42. The number of aromatic nitrogens is 1. The van der Waals surface area contributed by atoms with Gasteiger partial charge >= 0.3 is 0 Å². The summed E-state index contributed by atoms with van der Waals surface area (Å²) in [6.45, 7) is 4.30. The molecule has 1 aromatic heterocycles. The Morgan fingerprint density at radius 2 is 2.22 bits per heavy atom. The van der Waals surface area contributed by atoms with Crippen LogP contribution < -0.4 is 16.4 Å². The van der Waals surface area contributed by atoms with Crippen LogP contribution >= 0.6 is 11.3 Å². The number of rotatable bonds is 7. The fourth-order valence-electron chi connectivity index (χ4n) is 1.35. The second-order valence-corrected chi connectivity index (χ2v) is 4.99. The number of carbonyl (C=O) groups excluding carboxylic acids is 1. The quantitative estimate of drug-likeness (QED) is 0.684. The highest BCUT2D eigenvalue weighted by atomic mass is 32.1. The minimum absolute atomic E-state index is 0.0789. The monoisotopic (exact) mass is 271 g/mol. The average Bonchev–Trinajstić information content (AvgIpc) is 2.73. The van der Waals surface area contributed by atoms with Gasteiger partial charge in [-0.2, -0.15) is 0 Å². The van der Waals surface area contributed by atoms with Crippen molar-refractivity contribution in [3.05, 3.63) is 4.88 Å². The SMILES string of the molecule is CCCNc1nc(N)c(C(=O)N(C)CCNC)s1. The van der Waals surface area contributed by atoms with Crippen LogP contribution in [-0.2, 0) is 0 Å². The number of likely N-dealkylation sites (N-methyl/N-ethyl adjacent to an activating group) is 2. The maximum absolute atomic E-state index is 12.1. The van der Waals surface area contributed by atoms with E-state index >= 15 is 0 Å². The lowest BCUT2D eigenvalue weighted by Crippen LogP contribution is -2.32. The van der Waals surface area contributed by atoms with Crippen molar-refractivity contribution in [2.75, 3.05) is 44.8 Å². The Kier molecular flexibility index (Phi) is 5.87. The van der Waals surface area contributed by atoms with Gasteiger partial charge in [0, 0.05) is 26.7 Å². The third kappa shape index (κ3) is 3.85. The largest absolute Gasteiger partial charge is 0.382 e. The standard InChI is InChI=1S/C11H21N5OS/c1-4-5-14-11-15-9(12)8(18-11)10(17)16(3)7-6-13-2/h13H,4-7,12H2,1-3H3,(H,14,15). The minimum Gasteiger partial charge on any atom is -0.382 e. The van der Waals surface area contributed by atoms with Gasteiger partial charge in [0.1, 0.15) is 10.7 Å². The fourth-order valence-corrected chi connectivity index (χ4v) is 2.25. The lowest BCUT2D eigenvalue weighted by atomic mass is 10.4. The molecule has 18 heavy (non-hydrogen) atoms. The van der Waals surface area contributed by atoms with Gasteiger partial charge in [0.05, 0.1) is 0 Å². The number of amides is 1. The lowest BCUT2D eigenvalue weighted by molar-refractivity contribution is 0.0802. The van der Waals surface area contributed by atoms with Gasteiger partial charge in [0.15, 0.2) is 5.13 Å². The molecule has 0 aliphatic rings. The molecule has 1 aromatic rings. The highest BCUT2D eigenvalue weighted by Crippen LogP contribution is 2.25. The maximum atomic E-state index is 12.1. The van der Waals surface area contributed by atoms with Crippen LogP contribution in [0.25, 0.3) is 0 Å². The Hall–Kier alpha value is -1.34. The molecule has 4 N–H and O–H groups in total. The van der Waals surface area contributed by atoms with Crippen LogP contribution in [0.5, 0.6) is 0 Å². The number of thiazole rings is 1. The van der Waals surface area contributed by atoms with Crippen molar-refractivity contribution < 1.29 is 4.79 Å². The first-order valence-corrected chi connectivity index (χ1v) is 6.82. The number of hydrogen-bond donors (Lipinski definition) is 3. The highest BCUT2D eigenvalue weighted by Gasteiger charge is 2.19. The van der Waals surface area contributed by atoms with Crippen molar-refractivity contribution in [1.29, 1.82) is 0 Å². The molecule has 0 atom stereocenters. The van der Waals surface area contributed by atoms with Gasteiger partial charge in [-0.25, -0.2) is 4.98 Å². The molecule has 0 aliphatic carbocycles. The van der Waals surface area contributed by atoms with Crippen molar-refractivity contribution in [1.82, 2.24) is 15.2 Å². The van der Waals surface area contributed by atoms with Crippen molar-refractivity contribution >= 4 is 28.2 Å². The van der Waals surface area contributed by atoms with E-state index in [4.69, 9.17) is 5.73 Å². The zero-order chi connectivity index (χ0) is 13.5. The summed E-state index contributed by atoms with van der Waals surface area (Å²) in [5.41, 5.74) is 5.78. The minimum atomic E-state index is -0.0789. The molecule has 0 saturated carbocycles. The molecular weight excluding hydrogens is 250 g/mol. The van der Waals surface area contributed by atoms with Crippen molar-refractivity contribution in [3.8, 4) is 0 Å². The summed E-state index contributed by atoms with van der Waals surface area (Å²) in [4.78, 5) is 18.4. The van der Waals surface area contributed by atoms with Gasteiger partial charge in [-0.05, 0) is 13.5 Å². The van der Waals surface area contributed by atoms with Crippen LogP contribution in [0.1, 0.15) is 23.0 Å². The van der Waals surface area contributed by atoms with Crippen LogP contribution in [0, 0.1) is 0 Å². The molecule has 102 valence electrons. The Morgan fingerprint density at radius 1 is 1.50 bits per heavy atom. The summed E-state index contributed by atoms with van der Waals surface area (Å²) in [6, 6.07) is 0.